The second kappa shape index (κ2) is 15.4. The van der Waals surface area contributed by atoms with E-state index in [1.54, 1.807) is 0 Å². The highest BCUT2D eigenvalue weighted by atomic mass is 16.5. The molecule has 0 saturated carbocycles. The fourth-order valence-corrected chi connectivity index (χ4v) is 4.13. The molecule has 0 aliphatic carbocycles. The number of hydrogen-bond acceptors (Lipinski definition) is 5. The van der Waals surface area contributed by atoms with Crippen LogP contribution in [0.4, 0.5) is 0 Å². The van der Waals surface area contributed by atoms with Crippen LogP contribution < -0.4 is 0 Å². The van der Waals surface area contributed by atoms with E-state index in [9.17, 15) is 9.59 Å². The van der Waals surface area contributed by atoms with Crippen LogP contribution in [0.15, 0.2) is 12.7 Å². The Morgan fingerprint density at radius 1 is 1.00 bits per heavy atom. The van der Waals surface area contributed by atoms with Gasteiger partial charge in [0.15, 0.2) is 0 Å². The molecule has 0 bridgehead atoms. The Bertz CT molecular complexity index is 526. The van der Waals surface area contributed by atoms with Gasteiger partial charge in [-0.15, -0.1) is 0 Å². The molecule has 31 heavy (non-hydrogen) atoms. The van der Waals surface area contributed by atoms with Crippen LogP contribution in [0.25, 0.3) is 0 Å². The quantitative estimate of drug-likeness (QED) is 0.167. The highest BCUT2D eigenvalue weighted by Gasteiger charge is 2.39. The zero-order chi connectivity index (χ0) is 23.1. The molecule has 1 rings (SSSR count). The van der Waals surface area contributed by atoms with E-state index in [1.165, 1.54) is 51.0 Å². The average Bonchev–Trinajstić information content (AvgIpc) is 3.11. The van der Waals surface area contributed by atoms with Gasteiger partial charge in [0, 0.05) is 19.0 Å². The maximum Gasteiger partial charge on any atom is 0.330 e. The molecule has 0 spiro atoms. The minimum Gasteiger partial charge on any atom is -0.465 e. The zero-order valence-corrected chi connectivity index (χ0v) is 20.6. The summed E-state index contributed by atoms with van der Waals surface area (Å²) in [6.07, 6.45) is 14.3. The second-order valence-corrected chi connectivity index (χ2v) is 10.2. The topological polar surface area (TPSA) is 55.8 Å². The number of nitrogens with zero attached hydrogens (tertiary/aromatic N) is 1. The van der Waals surface area contributed by atoms with Gasteiger partial charge >= 0.3 is 11.9 Å². The van der Waals surface area contributed by atoms with Gasteiger partial charge in [0.1, 0.15) is 12.1 Å². The number of carbonyl (C=O) groups excluding carboxylic acids is 2. The van der Waals surface area contributed by atoms with Crippen LogP contribution in [0, 0.1) is 5.41 Å². The molecule has 0 radical (unpaired) electrons. The number of esters is 2. The third-order valence-corrected chi connectivity index (χ3v) is 5.95. The molecule has 5 nitrogen and oxygen atoms in total. The Kier molecular flexibility index (Phi) is 13.8. The average molecular weight is 438 g/mol. The largest absolute Gasteiger partial charge is 0.465 e. The first-order chi connectivity index (χ1) is 14.8. The van der Waals surface area contributed by atoms with Gasteiger partial charge < -0.3 is 9.47 Å². The Morgan fingerprint density at radius 3 is 2.32 bits per heavy atom. The summed E-state index contributed by atoms with van der Waals surface area (Å²) < 4.78 is 11.0. The normalized spacial score (nSPS) is 19.4. The van der Waals surface area contributed by atoms with E-state index in [2.05, 4.69) is 39.2 Å². The van der Waals surface area contributed by atoms with Gasteiger partial charge in [-0.25, -0.2) is 4.79 Å². The van der Waals surface area contributed by atoms with Gasteiger partial charge in [0.25, 0.3) is 0 Å². The Labute approximate surface area is 190 Å². The first-order valence-electron chi connectivity index (χ1n) is 12.5. The number of rotatable bonds is 16. The van der Waals surface area contributed by atoms with Crippen LogP contribution in [0.5, 0.6) is 0 Å². The van der Waals surface area contributed by atoms with E-state index in [-0.39, 0.29) is 18.1 Å². The lowest BCUT2D eigenvalue weighted by Crippen LogP contribution is -2.38. The maximum absolute atomic E-state index is 12.7. The van der Waals surface area contributed by atoms with Crippen LogP contribution in [0.1, 0.15) is 105 Å². The van der Waals surface area contributed by atoms with Crippen LogP contribution in [-0.4, -0.2) is 48.7 Å². The van der Waals surface area contributed by atoms with Crippen molar-refractivity contribution in [3.8, 4) is 0 Å². The van der Waals surface area contributed by atoms with Crippen LogP contribution in [-0.2, 0) is 19.1 Å². The van der Waals surface area contributed by atoms with E-state index in [0.717, 1.165) is 32.2 Å². The van der Waals surface area contributed by atoms with Gasteiger partial charge in [-0.3, -0.25) is 9.69 Å². The summed E-state index contributed by atoms with van der Waals surface area (Å²) in [5.74, 6) is -0.591. The molecule has 0 aromatic carbocycles. The van der Waals surface area contributed by atoms with E-state index in [1.807, 2.05) is 0 Å². The maximum atomic E-state index is 12.7. The number of carbonyl (C=O) groups is 2. The lowest BCUT2D eigenvalue weighted by molar-refractivity contribution is -0.149. The minimum atomic E-state index is -0.423. The highest BCUT2D eigenvalue weighted by Crippen LogP contribution is 2.24. The van der Waals surface area contributed by atoms with Crippen molar-refractivity contribution in [3.05, 3.63) is 12.7 Å². The minimum absolute atomic E-state index is 0.168. The SMILES string of the molecule is C=CC(=O)OC1CC(C(=O)OCCCCCCCC)N(CCCCCCC(C)(C)C)C1. The fraction of sp³-hybridized carbons (Fsp3) is 0.846. The molecule has 1 fully saturated rings. The number of ether oxygens (including phenoxy) is 2. The summed E-state index contributed by atoms with van der Waals surface area (Å²) in [4.78, 5) is 26.5. The number of unbranched alkanes of at least 4 members (excludes halogenated alkanes) is 8. The number of likely N-dealkylation sites (tertiary alicyclic amines) is 1. The second-order valence-electron chi connectivity index (χ2n) is 10.2. The Balaban J connectivity index is 2.41. The Morgan fingerprint density at radius 2 is 1.65 bits per heavy atom. The van der Waals surface area contributed by atoms with E-state index in [0.29, 0.717) is 25.0 Å². The first-order valence-corrected chi connectivity index (χ1v) is 12.5. The van der Waals surface area contributed by atoms with Gasteiger partial charge in [-0.2, -0.15) is 0 Å². The van der Waals surface area contributed by atoms with Crippen molar-refractivity contribution in [1.82, 2.24) is 4.90 Å². The molecular weight excluding hydrogens is 390 g/mol. The number of hydrogen-bond donors (Lipinski definition) is 0. The molecule has 0 amide bonds. The van der Waals surface area contributed by atoms with Crippen molar-refractivity contribution >= 4 is 11.9 Å². The molecule has 1 aliphatic rings. The molecule has 1 saturated heterocycles. The van der Waals surface area contributed by atoms with Gasteiger partial charge in [0.2, 0.25) is 0 Å². The first kappa shape index (κ1) is 27.7. The molecule has 1 heterocycles. The molecule has 180 valence electrons. The molecule has 5 heteroatoms. The standard InChI is InChI=1S/C26H47NO4/c1-6-8-9-10-13-16-19-30-25(29)23-20-22(31-24(28)7-2)21-27(23)18-15-12-11-14-17-26(3,4)5/h7,22-23H,2,6,8-21H2,1,3-5H3. The van der Waals surface area contributed by atoms with Crippen LogP contribution in [0.3, 0.4) is 0 Å². The summed E-state index contributed by atoms with van der Waals surface area (Å²) in [7, 11) is 0. The van der Waals surface area contributed by atoms with Crippen molar-refractivity contribution in [2.24, 2.45) is 5.41 Å². The van der Waals surface area contributed by atoms with E-state index < -0.39 is 5.97 Å². The molecule has 2 unspecified atom stereocenters. The van der Waals surface area contributed by atoms with E-state index >= 15 is 0 Å². The molecule has 0 N–H and O–H groups in total. The third-order valence-electron chi connectivity index (χ3n) is 5.95. The van der Waals surface area contributed by atoms with Crippen molar-refractivity contribution < 1.29 is 19.1 Å². The summed E-state index contributed by atoms with van der Waals surface area (Å²) in [5, 5.41) is 0. The third kappa shape index (κ3) is 12.9. The van der Waals surface area contributed by atoms with Gasteiger partial charge in [0.05, 0.1) is 6.61 Å². The lowest BCUT2D eigenvalue weighted by Gasteiger charge is -2.22. The summed E-state index contributed by atoms with van der Waals surface area (Å²) in [5.41, 5.74) is 0.391. The van der Waals surface area contributed by atoms with Crippen LogP contribution >= 0.6 is 0 Å². The van der Waals surface area contributed by atoms with Crippen molar-refractivity contribution in [3.63, 3.8) is 0 Å². The predicted molar refractivity (Wildman–Crippen MR) is 127 cm³/mol. The molecule has 1 aliphatic heterocycles. The van der Waals surface area contributed by atoms with Crippen LogP contribution in [0.2, 0.25) is 0 Å². The summed E-state index contributed by atoms with van der Waals surface area (Å²) in [6.45, 7) is 14.4. The monoisotopic (exact) mass is 437 g/mol. The van der Waals surface area contributed by atoms with Crippen molar-refractivity contribution in [2.75, 3.05) is 19.7 Å². The predicted octanol–water partition coefficient (Wildman–Crippen LogP) is 6.06. The smallest absolute Gasteiger partial charge is 0.330 e. The van der Waals surface area contributed by atoms with Crippen molar-refractivity contribution in [1.29, 1.82) is 0 Å². The molecule has 0 aromatic rings. The molecular formula is C26H47NO4. The highest BCUT2D eigenvalue weighted by molar-refractivity contribution is 5.81. The van der Waals surface area contributed by atoms with Gasteiger partial charge in [-0.05, 0) is 31.2 Å². The fourth-order valence-electron chi connectivity index (χ4n) is 4.13. The summed E-state index contributed by atoms with van der Waals surface area (Å²) >= 11 is 0. The van der Waals surface area contributed by atoms with Gasteiger partial charge in [-0.1, -0.05) is 85.6 Å². The molecule has 2 atom stereocenters. The Hall–Kier alpha value is -1.36. The molecule has 0 aromatic heterocycles. The van der Waals surface area contributed by atoms with E-state index in [4.69, 9.17) is 9.47 Å². The van der Waals surface area contributed by atoms with Crippen molar-refractivity contribution in [2.45, 2.75) is 117 Å². The lowest BCUT2D eigenvalue weighted by atomic mass is 9.89. The zero-order valence-electron chi connectivity index (χ0n) is 20.6. The summed E-state index contributed by atoms with van der Waals surface area (Å²) in [6, 6.07) is -0.308.